The minimum atomic E-state index is -0.581. The first-order chi connectivity index (χ1) is 14.6. The first-order valence-corrected chi connectivity index (χ1v) is 9.73. The molecule has 5 aromatic rings. The van der Waals surface area contributed by atoms with Gasteiger partial charge in [0.25, 0.3) is 0 Å². The Hall–Kier alpha value is -4.12. The molecule has 5 rings (SSSR count). The van der Waals surface area contributed by atoms with Crippen molar-refractivity contribution in [2.24, 2.45) is 5.73 Å². The molecule has 0 saturated carbocycles. The van der Waals surface area contributed by atoms with Crippen molar-refractivity contribution < 1.29 is 4.79 Å². The summed E-state index contributed by atoms with van der Waals surface area (Å²) in [4.78, 5) is 11.0. The highest BCUT2D eigenvalue weighted by Crippen LogP contribution is 2.30. The summed E-state index contributed by atoms with van der Waals surface area (Å²) in [6.45, 7) is 1.98. The fourth-order valence-electron chi connectivity index (χ4n) is 3.83. The number of rotatable bonds is 3. The molecule has 1 aromatic heterocycles. The number of benzene rings is 4. The molecule has 30 heavy (non-hydrogen) atoms. The molecule has 0 unspecified atom stereocenters. The van der Waals surface area contributed by atoms with Gasteiger partial charge in [-0.1, -0.05) is 36.4 Å². The Balaban J connectivity index is 1.60. The Labute approximate surface area is 173 Å². The highest BCUT2D eigenvalue weighted by Gasteiger charge is 2.11. The molecule has 0 saturated heterocycles. The Morgan fingerprint density at radius 1 is 0.833 bits per heavy atom. The maximum atomic E-state index is 11.0. The van der Waals surface area contributed by atoms with E-state index in [1.165, 1.54) is 21.5 Å². The summed E-state index contributed by atoms with van der Waals surface area (Å²) in [5, 5.41) is 12.1. The van der Waals surface area contributed by atoms with Gasteiger partial charge in [0.2, 0.25) is 0 Å². The summed E-state index contributed by atoms with van der Waals surface area (Å²) in [5.74, 6) is 0. The third kappa shape index (κ3) is 3.26. The van der Waals surface area contributed by atoms with E-state index in [1.807, 2.05) is 35.9 Å². The van der Waals surface area contributed by atoms with Crippen LogP contribution in [0.3, 0.4) is 0 Å². The number of urea groups is 1. The predicted octanol–water partition coefficient (Wildman–Crippen LogP) is 5.64. The van der Waals surface area contributed by atoms with Gasteiger partial charge in [-0.2, -0.15) is 5.10 Å². The number of anilines is 1. The number of nitrogens with two attached hydrogens (primary N) is 1. The van der Waals surface area contributed by atoms with Gasteiger partial charge in [0.15, 0.2) is 0 Å². The zero-order chi connectivity index (χ0) is 20.7. The SMILES string of the molecule is Cc1cc(-c2ccc3cc4ccccc4cc3c2)n(-c2ccc(NC(N)=O)cc2)n1. The maximum Gasteiger partial charge on any atom is 0.316 e. The van der Waals surface area contributed by atoms with Crippen LogP contribution in [-0.2, 0) is 0 Å². The van der Waals surface area contributed by atoms with E-state index in [9.17, 15) is 4.79 Å². The quantitative estimate of drug-likeness (QED) is 0.390. The lowest BCUT2D eigenvalue weighted by Crippen LogP contribution is -2.19. The second-order valence-electron chi connectivity index (χ2n) is 7.38. The fourth-order valence-corrected chi connectivity index (χ4v) is 3.83. The molecule has 5 nitrogen and oxygen atoms in total. The van der Waals surface area contributed by atoms with E-state index in [2.05, 4.69) is 71.1 Å². The third-order valence-electron chi connectivity index (χ3n) is 5.21. The molecule has 1 heterocycles. The molecular formula is C25H20N4O. The highest BCUT2D eigenvalue weighted by atomic mass is 16.2. The Morgan fingerprint density at radius 2 is 1.50 bits per heavy atom. The number of amides is 2. The normalized spacial score (nSPS) is 11.1. The number of hydrogen-bond donors (Lipinski definition) is 2. The van der Waals surface area contributed by atoms with E-state index in [1.54, 1.807) is 0 Å². The number of primary amides is 1. The number of carbonyl (C=O) groups is 1. The van der Waals surface area contributed by atoms with Gasteiger partial charge in [0, 0.05) is 11.3 Å². The number of aryl methyl sites for hydroxylation is 1. The van der Waals surface area contributed by atoms with Gasteiger partial charge >= 0.3 is 6.03 Å². The summed E-state index contributed by atoms with van der Waals surface area (Å²) in [5.41, 5.74) is 9.79. The molecule has 0 aliphatic carbocycles. The van der Waals surface area contributed by atoms with Crippen LogP contribution in [0.5, 0.6) is 0 Å². The van der Waals surface area contributed by atoms with Gasteiger partial charge < -0.3 is 11.1 Å². The molecule has 0 spiro atoms. The van der Waals surface area contributed by atoms with Crippen LogP contribution in [0.15, 0.2) is 84.9 Å². The maximum absolute atomic E-state index is 11.0. The smallest absolute Gasteiger partial charge is 0.316 e. The van der Waals surface area contributed by atoms with Crippen molar-refractivity contribution in [3.05, 3.63) is 90.6 Å². The monoisotopic (exact) mass is 392 g/mol. The average Bonchev–Trinajstić information content (AvgIpc) is 3.13. The largest absolute Gasteiger partial charge is 0.351 e. The second-order valence-corrected chi connectivity index (χ2v) is 7.38. The van der Waals surface area contributed by atoms with E-state index < -0.39 is 6.03 Å². The van der Waals surface area contributed by atoms with E-state index >= 15 is 0 Å². The van der Waals surface area contributed by atoms with Crippen molar-refractivity contribution in [2.75, 3.05) is 5.32 Å². The molecule has 3 N–H and O–H groups in total. The van der Waals surface area contributed by atoms with Gasteiger partial charge in [-0.15, -0.1) is 0 Å². The number of hydrogen-bond acceptors (Lipinski definition) is 2. The molecule has 0 bridgehead atoms. The summed E-state index contributed by atoms with van der Waals surface area (Å²) in [6, 6.07) is 28.3. The summed E-state index contributed by atoms with van der Waals surface area (Å²) in [6.07, 6.45) is 0. The predicted molar refractivity (Wildman–Crippen MR) is 122 cm³/mol. The number of nitrogens with zero attached hydrogens (tertiary/aromatic N) is 2. The van der Waals surface area contributed by atoms with Crippen molar-refractivity contribution in [1.82, 2.24) is 9.78 Å². The van der Waals surface area contributed by atoms with Crippen LogP contribution in [0.25, 0.3) is 38.5 Å². The molecule has 5 heteroatoms. The number of nitrogens with one attached hydrogen (secondary N) is 1. The van der Waals surface area contributed by atoms with Crippen molar-refractivity contribution in [3.8, 4) is 16.9 Å². The van der Waals surface area contributed by atoms with Crippen molar-refractivity contribution in [1.29, 1.82) is 0 Å². The van der Waals surface area contributed by atoms with Gasteiger partial charge in [0.05, 0.1) is 17.1 Å². The highest BCUT2D eigenvalue weighted by molar-refractivity contribution is 5.99. The summed E-state index contributed by atoms with van der Waals surface area (Å²) in [7, 11) is 0. The average molecular weight is 392 g/mol. The minimum absolute atomic E-state index is 0.581. The summed E-state index contributed by atoms with van der Waals surface area (Å²) < 4.78 is 1.92. The Kier molecular flexibility index (Phi) is 4.21. The second kappa shape index (κ2) is 7.04. The molecule has 0 aliphatic heterocycles. The van der Waals surface area contributed by atoms with Crippen LogP contribution < -0.4 is 11.1 Å². The molecule has 146 valence electrons. The molecule has 0 aliphatic rings. The number of fused-ring (bicyclic) bond motifs is 2. The first kappa shape index (κ1) is 17.9. The van der Waals surface area contributed by atoms with Crippen LogP contribution in [0.1, 0.15) is 5.69 Å². The van der Waals surface area contributed by atoms with Crippen molar-refractivity contribution >= 4 is 33.3 Å². The zero-order valence-electron chi connectivity index (χ0n) is 16.5. The van der Waals surface area contributed by atoms with Crippen LogP contribution in [0.4, 0.5) is 10.5 Å². The van der Waals surface area contributed by atoms with E-state index in [0.717, 1.165) is 22.6 Å². The van der Waals surface area contributed by atoms with Crippen molar-refractivity contribution in [2.45, 2.75) is 6.92 Å². The lowest BCUT2D eigenvalue weighted by Gasteiger charge is -2.10. The van der Waals surface area contributed by atoms with Crippen LogP contribution in [0.2, 0.25) is 0 Å². The molecule has 4 aromatic carbocycles. The Morgan fingerprint density at radius 3 is 2.20 bits per heavy atom. The minimum Gasteiger partial charge on any atom is -0.351 e. The number of aromatic nitrogens is 2. The van der Waals surface area contributed by atoms with E-state index in [0.29, 0.717) is 5.69 Å². The third-order valence-corrected chi connectivity index (χ3v) is 5.21. The lowest BCUT2D eigenvalue weighted by atomic mass is 10.0. The van der Waals surface area contributed by atoms with E-state index in [-0.39, 0.29) is 0 Å². The molecular weight excluding hydrogens is 372 g/mol. The molecule has 0 atom stereocenters. The Bertz CT molecular complexity index is 1400. The molecule has 2 amide bonds. The van der Waals surface area contributed by atoms with Crippen LogP contribution in [0, 0.1) is 6.92 Å². The van der Waals surface area contributed by atoms with Crippen LogP contribution >= 0.6 is 0 Å². The van der Waals surface area contributed by atoms with Gasteiger partial charge in [-0.3, -0.25) is 0 Å². The van der Waals surface area contributed by atoms with Gasteiger partial charge in [-0.05, 0) is 77.0 Å². The lowest BCUT2D eigenvalue weighted by molar-refractivity contribution is 0.259. The summed E-state index contributed by atoms with van der Waals surface area (Å²) >= 11 is 0. The fraction of sp³-hybridized carbons (Fsp3) is 0.0400. The molecule has 0 fully saturated rings. The van der Waals surface area contributed by atoms with E-state index in [4.69, 9.17) is 5.73 Å². The molecule has 0 radical (unpaired) electrons. The zero-order valence-corrected chi connectivity index (χ0v) is 16.5. The van der Waals surface area contributed by atoms with Crippen molar-refractivity contribution in [3.63, 3.8) is 0 Å². The number of carbonyl (C=O) groups excluding carboxylic acids is 1. The van der Waals surface area contributed by atoms with Gasteiger partial charge in [-0.25, -0.2) is 9.48 Å². The van der Waals surface area contributed by atoms with Crippen LogP contribution in [-0.4, -0.2) is 15.8 Å². The standard InChI is InChI=1S/C25H20N4O/c1-16-12-24(29(28-16)23-10-8-22(9-11-23)27-25(26)30)20-7-6-19-13-17-4-2-3-5-18(17)14-21(19)15-20/h2-15H,1H3,(H3,26,27,30). The first-order valence-electron chi connectivity index (χ1n) is 9.73. The topological polar surface area (TPSA) is 72.9 Å². The van der Waals surface area contributed by atoms with Gasteiger partial charge in [0.1, 0.15) is 0 Å².